The molecule has 1 aromatic carbocycles. The van der Waals surface area contributed by atoms with Crippen molar-refractivity contribution in [3.05, 3.63) is 35.9 Å². The van der Waals surface area contributed by atoms with Crippen molar-refractivity contribution < 1.29 is 39.0 Å². The van der Waals surface area contributed by atoms with Crippen LogP contribution in [0.1, 0.15) is 24.8 Å². The Bertz CT molecular complexity index is 946. The van der Waals surface area contributed by atoms with Crippen LogP contribution in [0.5, 0.6) is 0 Å². The summed E-state index contributed by atoms with van der Waals surface area (Å²) in [6.07, 6.45) is 0.540. The highest BCUT2D eigenvalue weighted by Crippen LogP contribution is 2.07. The molecule has 9 N–H and O–H groups in total. The van der Waals surface area contributed by atoms with Gasteiger partial charge in [0.25, 0.3) is 0 Å². The number of hydrogen-bond donors (Lipinski definition) is 7. The van der Waals surface area contributed by atoms with Crippen LogP contribution in [0.25, 0.3) is 0 Å². The quantitative estimate of drug-likeness (QED) is 0.128. The highest BCUT2D eigenvalue weighted by Gasteiger charge is 2.31. The second-order valence-corrected chi connectivity index (χ2v) is 8.85. The minimum atomic E-state index is -1.53. The number of carbonyl (C=O) groups is 6. The Hall–Kier alpha value is -3.65. The van der Waals surface area contributed by atoms with Gasteiger partial charge < -0.3 is 37.6 Å². The molecule has 0 radical (unpaired) electrons. The highest BCUT2D eigenvalue weighted by molar-refractivity contribution is 7.98. The first kappa shape index (κ1) is 30.4. The zero-order valence-electron chi connectivity index (χ0n) is 19.6. The number of rotatable bonds is 16. The number of benzene rings is 1. The molecule has 1 aromatic rings. The molecule has 0 saturated heterocycles. The third-order valence-electron chi connectivity index (χ3n) is 4.91. The molecule has 0 fully saturated rings. The second kappa shape index (κ2) is 15.4. The van der Waals surface area contributed by atoms with Crippen molar-refractivity contribution in [1.29, 1.82) is 0 Å². The first-order valence-corrected chi connectivity index (χ1v) is 12.3. The number of nitrogens with one attached hydrogen (secondary N) is 3. The number of carboxylic acid groups (broad SMARTS) is 2. The van der Waals surface area contributed by atoms with Crippen LogP contribution in [0, 0.1) is 0 Å². The molecule has 0 aromatic heterocycles. The Balaban J connectivity index is 2.99. The summed E-state index contributed by atoms with van der Waals surface area (Å²) in [5, 5.41) is 25.4. The van der Waals surface area contributed by atoms with E-state index in [2.05, 4.69) is 16.0 Å². The van der Waals surface area contributed by atoms with Gasteiger partial charge in [-0.25, -0.2) is 4.79 Å². The van der Waals surface area contributed by atoms with Crippen molar-refractivity contribution in [3.8, 4) is 0 Å². The predicted octanol–water partition coefficient (Wildman–Crippen LogP) is -1.80. The third-order valence-corrected chi connectivity index (χ3v) is 5.55. The Morgan fingerprint density at radius 1 is 0.861 bits per heavy atom. The summed E-state index contributed by atoms with van der Waals surface area (Å²) in [7, 11) is 0. The lowest BCUT2D eigenvalue weighted by Gasteiger charge is -2.24. The van der Waals surface area contributed by atoms with Crippen LogP contribution >= 0.6 is 11.8 Å². The molecule has 0 saturated carbocycles. The standard InChI is InChI=1S/C22H31N5O8S/c1-36-8-7-14(20(32)27-16(22(34)35)9-12-5-3-2-4-6-12)25-21(33)15(11-17(24)28)26-19(31)13(23)10-18(29)30/h2-6,13-16H,7-11,23H2,1H3,(H2,24,28)(H,25,33)(H,26,31)(H,27,32)(H,29,30)(H,34,35). The molecule has 0 aliphatic heterocycles. The molecule has 0 aliphatic carbocycles. The Morgan fingerprint density at radius 2 is 1.42 bits per heavy atom. The van der Waals surface area contributed by atoms with Crippen molar-refractivity contribution in [1.82, 2.24) is 16.0 Å². The van der Waals surface area contributed by atoms with Crippen molar-refractivity contribution >= 4 is 47.3 Å². The van der Waals surface area contributed by atoms with Crippen molar-refractivity contribution in [2.24, 2.45) is 11.5 Å². The minimum Gasteiger partial charge on any atom is -0.481 e. The number of carbonyl (C=O) groups excluding carboxylic acids is 4. The largest absolute Gasteiger partial charge is 0.481 e. The Labute approximate surface area is 211 Å². The Kier molecular flexibility index (Phi) is 13.0. The summed E-state index contributed by atoms with van der Waals surface area (Å²) in [6.45, 7) is 0. The molecule has 13 nitrogen and oxygen atoms in total. The van der Waals surface area contributed by atoms with Gasteiger partial charge in [-0.15, -0.1) is 0 Å². The third kappa shape index (κ3) is 11.2. The summed E-state index contributed by atoms with van der Waals surface area (Å²) in [5.41, 5.74) is 11.3. The maximum Gasteiger partial charge on any atom is 0.326 e. The van der Waals surface area contributed by atoms with Crippen molar-refractivity contribution in [2.75, 3.05) is 12.0 Å². The van der Waals surface area contributed by atoms with Crippen molar-refractivity contribution in [3.63, 3.8) is 0 Å². The van der Waals surface area contributed by atoms with Crippen molar-refractivity contribution in [2.45, 2.75) is 49.9 Å². The zero-order valence-corrected chi connectivity index (χ0v) is 20.5. The van der Waals surface area contributed by atoms with Crippen LogP contribution < -0.4 is 27.4 Å². The second-order valence-electron chi connectivity index (χ2n) is 7.87. The number of nitrogens with two attached hydrogens (primary N) is 2. The van der Waals surface area contributed by atoms with E-state index in [1.54, 1.807) is 36.6 Å². The fourth-order valence-corrected chi connectivity index (χ4v) is 3.54. The van der Waals surface area contributed by atoms with Crippen LogP contribution in [0.4, 0.5) is 0 Å². The van der Waals surface area contributed by atoms with Crippen LogP contribution in [-0.4, -0.2) is 82.0 Å². The average molecular weight is 526 g/mol. The molecular weight excluding hydrogens is 494 g/mol. The molecule has 0 bridgehead atoms. The molecular formula is C22H31N5O8S. The Morgan fingerprint density at radius 3 is 1.94 bits per heavy atom. The highest BCUT2D eigenvalue weighted by atomic mass is 32.2. The molecule has 4 unspecified atom stereocenters. The summed E-state index contributed by atoms with van der Waals surface area (Å²) in [4.78, 5) is 71.9. The smallest absolute Gasteiger partial charge is 0.326 e. The molecule has 36 heavy (non-hydrogen) atoms. The van der Waals surface area contributed by atoms with E-state index >= 15 is 0 Å². The molecule has 4 amide bonds. The summed E-state index contributed by atoms with van der Waals surface area (Å²) >= 11 is 1.38. The molecule has 14 heteroatoms. The molecule has 198 valence electrons. The lowest BCUT2D eigenvalue weighted by atomic mass is 10.0. The molecule has 1 rings (SSSR count). The number of carboxylic acids is 2. The number of amides is 4. The topological polar surface area (TPSA) is 231 Å². The fraction of sp³-hybridized carbons (Fsp3) is 0.455. The van der Waals surface area contributed by atoms with Gasteiger partial charge in [0.05, 0.1) is 18.9 Å². The van der Waals surface area contributed by atoms with Crippen LogP contribution in [0.3, 0.4) is 0 Å². The molecule has 0 heterocycles. The van der Waals surface area contributed by atoms with Gasteiger partial charge in [-0.1, -0.05) is 30.3 Å². The van der Waals surface area contributed by atoms with Crippen LogP contribution in [0.15, 0.2) is 30.3 Å². The van der Waals surface area contributed by atoms with E-state index in [9.17, 15) is 33.9 Å². The van der Waals surface area contributed by atoms with Gasteiger partial charge in [0.15, 0.2) is 0 Å². The van der Waals surface area contributed by atoms with E-state index in [1.807, 2.05) is 0 Å². The first-order chi connectivity index (χ1) is 16.9. The van der Waals surface area contributed by atoms with E-state index in [0.29, 0.717) is 11.3 Å². The number of hydrogen-bond acceptors (Lipinski definition) is 8. The normalized spacial score (nSPS) is 13.9. The number of thioether (sulfide) groups is 1. The summed E-state index contributed by atoms with van der Waals surface area (Å²) in [5.74, 6) is -5.85. The maximum absolute atomic E-state index is 12.9. The number of primary amides is 1. The van der Waals surface area contributed by atoms with Gasteiger partial charge in [-0.3, -0.25) is 24.0 Å². The predicted molar refractivity (Wildman–Crippen MR) is 131 cm³/mol. The van der Waals surface area contributed by atoms with Gasteiger partial charge in [-0.2, -0.15) is 11.8 Å². The van der Waals surface area contributed by atoms with E-state index in [4.69, 9.17) is 16.6 Å². The summed E-state index contributed by atoms with van der Waals surface area (Å²) in [6, 6.07) is 3.16. The monoisotopic (exact) mass is 525 g/mol. The van der Waals surface area contributed by atoms with Gasteiger partial charge >= 0.3 is 11.9 Å². The molecule has 0 aliphatic rings. The van der Waals surface area contributed by atoms with Gasteiger partial charge in [-0.05, 0) is 24.0 Å². The van der Waals surface area contributed by atoms with E-state index in [1.165, 1.54) is 11.8 Å². The van der Waals surface area contributed by atoms with Gasteiger partial charge in [0.1, 0.15) is 18.1 Å². The minimum absolute atomic E-state index is 0.00688. The lowest BCUT2D eigenvalue weighted by Crippen LogP contribution is -2.58. The van der Waals surface area contributed by atoms with Gasteiger partial charge in [0, 0.05) is 6.42 Å². The maximum atomic E-state index is 12.9. The summed E-state index contributed by atoms with van der Waals surface area (Å²) < 4.78 is 0. The fourth-order valence-electron chi connectivity index (χ4n) is 3.07. The van der Waals surface area contributed by atoms with Crippen LogP contribution in [0.2, 0.25) is 0 Å². The number of aliphatic carboxylic acids is 2. The van der Waals surface area contributed by atoms with E-state index in [-0.39, 0.29) is 12.8 Å². The zero-order chi connectivity index (χ0) is 27.3. The van der Waals surface area contributed by atoms with Gasteiger partial charge in [0.2, 0.25) is 23.6 Å². The lowest BCUT2D eigenvalue weighted by molar-refractivity contribution is -0.142. The first-order valence-electron chi connectivity index (χ1n) is 10.9. The van der Waals surface area contributed by atoms with Crippen LogP contribution in [-0.2, 0) is 35.2 Å². The molecule has 0 spiro atoms. The SMILES string of the molecule is CSCCC(NC(=O)C(CC(N)=O)NC(=O)C(N)CC(=O)O)C(=O)NC(Cc1ccccc1)C(=O)O. The average Bonchev–Trinajstić information content (AvgIpc) is 2.80. The van der Waals surface area contributed by atoms with E-state index in [0.717, 1.165) is 0 Å². The molecule has 4 atom stereocenters. The van der Waals surface area contributed by atoms with E-state index < -0.39 is 72.6 Å².